The first-order valence-corrected chi connectivity index (χ1v) is 5.91. The Labute approximate surface area is 88.4 Å². The number of nitrogens with one attached hydrogen (secondary N) is 1. The Bertz CT molecular complexity index is 145. The summed E-state index contributed by atoms with van der Waals surface area (Å²) in [6.45, 7) is 9.81. The van der Waals surface area contributed by atoms with Gasteiger partial charge in [0.15, 0.2) is 0 Å². The Balaban J connectivity index is 1.89. The lowest BCUT2D eigenvalue weighted by molar-refractivity contribution is 0.183. The highest BCUT2D eigenvalue weighted by atomic mass is 16.5. The summed E-state index contributed by atoms with van der Waals surface area (Å²) in [5.74, 6) is 0.852. The molecule has 1 aliphatic heterocycles. The van der Waals surface area contributed by atoms with Crippen molar-refractivity contribution < 1.29 is 4.74 Å². The summed E-state index contributed by atoms with van der Waals surface area (Å²) in [6.07, 6.45) is 5.28. The summed E-state index contributed by atoms with van der Waals surface area (Å²) in [5, 5.41) is 3.52. The minimum absolute atomic E-state index is 0.274. The van der Waals surface area contributed by atoms with Crippen LogP contribution >= 0.6 is 0 Å². The van der Waals surface area contributed by atoms with Crippen molar-refractivity contribution in [2.75, 3.05) is 19.8 Å². The van der Waals surface area contributed by atoms with Crippen LogP contribution < -0.4 is 5.32 Å². The molecule has 0 spiro atoms. The lowest BCUT2D eigenvalue weighted by Crippen LogP contribution is -2.36. The average molecular weight is 199 g/mol. The van der Waals surface area contributed by atoms with Gasteiger partial charge in [0.2, 0.25) is 0 Å². The molecule has 2 nitrogen and oxygen atoms in total. The van der Waals surface area contributed by atoms with E-state index < -0.39 is 0 Å². The predicted octanol–water partition coefficient (Wildman–Crippen LogP) is 2.58. The molecule has 1 saturated heterocycles. The number of hydrogen-bond donors (Lipinski definition) is 1. The van der Waals surface area contributed by atoms with Gasteiger partial charge in [0.05, 0.1) is 0 Å². The van der Waals surface area contributed by atoms with Gasteiger partial charge in [0.1, 0.15) is 0 Å². The van der Waals surface area contributed by atoms with Crippen LogP contribution in [0.15, 0.2) is 0 Å². The lowest BCUT2D eigenvalue weighted by Gasteiger charge is -2.20. The van der Waals surface area contributed by atoms with Crippen LogP contribution in [0.5, 0.6) is 0 Å². The molecule has 0 aromatic rings. The maximum absolute atomic E-state index is 5.35. The van der Waals surface area contributed by atoms with Gasteiger partial charge in [-0.25, -0.2) is 0 Å². The zero-order valence-electron chi connectivity index (χ0n) is 9.94. The normalized spacial score (nSPS) is 22.9. The van der Waals surface area contributed by atoms with Gasteiger partial charge in [-0.05, 0) is 52.5 Å². The van der Waals surface area contributed by atoms with Crippen LogP contribution in [0.1, 0.15) is 46.5 Å². The van der Waals surface area contributed by atoms with E-state index >= 15 is 0 Å². The number of ether oxygens (including phenoxy) is 1. The molecular formula is C12H25NO. The summed E-state index contributed by atoms with van der Waals surface area (Å²) < 4.78 is 5.35. The molecule has 2 heteroatoms. The molecule has 0 radical (unpaired) electrons. The molecule has 1 heterocycles. The van der Waals surface area contributed by atoms with E-state index in [4.69, 9.17) is 4.74 Å². The number of rotatable bonds is 5. The van der Waals surface area contributed by atoms with Gasteiger partial charge < -0.3 is 10.1 Å². The summed E-state index contributed by atoms with van der Waals surface area (Å²) in [6, 6.07) is 0. The molecule has 1 unspecified atom stereocenters. The van der Waals surface area contributed by atoms with Crippen LogP contribution in [0.2, 0.25) is 0 Å². The van der Waals surface area contributed by atoms with Crippen LogP contribution in [0, 0.1) is 5.92 Å². The summed E-state index contributed by atoms with van der Waals surface area (Å²) in [4.78, 5) is 0. The molecular weight excluding hydrogens is 174 g/mol. The van der Waals surface area contributed by atoms with Crippen molar-refractivity contribution in [2.45, 2.75) is 52.0 Å². The van der Waals surface area contributed by atoms with Gasteiger partial charge in [-0.3, -0.25) is 0 Å². The van der Waals surface area contributed by atoms with E-state index in [2.05, 4.69) is 26.1 Å². The van der Waals surface area contributed by atoms with E-state index in [1.165, 1.54) is 25.7 Å². The number of unbranched alkanes of at least 4 members (excludes halogenated alkanes) is 1. The van der Waals surface area contributed by atoms with Crippen LogP contribution in [0.3, 0.4) is 0 Å². The van der Waals surface area contributed by atoms with Crippen LogP contribution in [-0.2, 0) is 4.74 Å². The fraction of sp³-hybridized carbons (Fsp3) is 1.00. The van der Waals surface area contributed by atoms with E-state index in [-0.39, 0.29) is 5.54 Å². The Morgan fingerprint density at radius 1 is 1.29 bits per heavy atom. The minimum atomic E-state index is 0.274. The molecule has 0 aromatic carbocycles. The maximum atomic E-state index is 5.35. The first kappa shape index (κ1) is 12.0. The third-order valence-electron chi connectivity index (χ3n) is 2.72. The molecule has 84 valence electrons. The van der Waals surface area contributed by atoms with Gasteiger partial charge >= 0.3 is 0 Å². The molecule has 0 aliphatic carbocycles. The largest absolute Gasteiger partial charge is 0.381 e. The monoisotopic (exact) mass is 199 g/mol. The van der Waals surface area contributed by atoms with E-state index in [0.29, 0.717) is 0 Å². The average Bonchev–Trinajstić information content (AvgIpc) is 2.54. The highest BCUT2D eigenvalue weighted by Gasteiger charge is 2.14. The van der Waals surface area contributed by atoms with E-state index in [1.807, 2.05) is 0 Å². The predicted molar refractivity (Wildman–Crippen MR) is 60.5 cm³/mol. The van der Waals surface area contributed by atoms with Crippen LogP contribution in [-0.4, -0.2) is 25.3 Å². The summed E-state index contributed by atoms with van der Waals surface area (Å²) in [5.41, 5.74) is 0.274. The molecule has 14 heavy (non-hydrogen) atoms. The van der Waals surface area contributed by atoms with Gasteiger partial charge in [0, 0.05) is 18.8 Å². The highest BCUT2D eigenvalue weighted by Crippen LogP contribution is 2.18. The van der Waals surface area contributed by atoms with Crippen molar-refractivity contribution >= 4 is 0 Å². The summed E-state index contributed by atoms with van der Waals surface area (Å²) in [7, 11) is 0. The molecule has 0 saturated carbocycles. The zero-order chi connectivity index (χ0) is 10.4. The Morgan fingerprint density at radius 2 is 2.07 bits per heavy atom. The lowest BCUT2D eigenvalue weighted by atomic mass is 10.0. The number of hydrogen-bond acceptors (Lipinski definition) is 2. The topological polar surface area (TPSA) is 21.3 Å². The van der Waals surface area contributed by atoms with Crippen molar-refractivity contribution in [3.05, 3.63) is 0 Å². The highest BCUT2D eigenvalue weighted by molar-refractivity contribution is 4.70. The van der Waals surface area contributed by atoms with Gasteiger partial charge in [-0.1, -0.05) is 6.42 Å². The first-order chi connectivity index (χ1) is 6.58. The second-order valence-electron chi connectivity index (χ2n) is 5.40. The van der Waals surface area contributed by atoms with Crippen molar-refractivity contribution in [1.29, 1.82) is 0 Å². The van der Waals surface area contributed by atoms with Crippen LogP contribution in [0.4, 0.5) is 0 Å². The smallest absolute Gasteiger partial charge is 0.0495 e. The van der Waals surface area contributed by atoms with E-state index in [1.54, 1.807) is 0 Å². The summed E-state index contributed by atoms with van der Waals surface area (Å²) >= 11 is 0. The Kier molecular flexibility index (Phi) is 4.90. The van der Waals surface area contributed by atoms with Crippen molar-refractivity contribution in [1.82, 2.24) is 5.32 Å². The van der Waals surface area contributed by atoms with Crippen molar-refractivity contribution in [3.63, 3.8) is 0 Å². The van der Waals surface area contributed by atoms with Crippen molar-refractivity contribution in [3.8, 4) is 0 Å². The van der Waals surface area contributed by atoms with Crippen molar-refractivity contribution in [2.24, 2.45) is 5.92 Å². The molecule has 1 aliphatic rings. The first-order valence-electron chi connectivity index (χ1n) is 5.91. The zero-order valence-corrected chi connectivity index (χ0v) is 9.94. The fourth-order valence-corrected chi connectivity index (χ4v) is 1.83. The fourth-order valence-electron chi connectivity index (χ4n) is 1.83. The molecule has 1 atom stereocenters. The minimum Gasteiger partial charge on any atom is -0.381 e. The molecule has 1 fully saturated rings. The quantitative estimate of drug-likeness (QED) is 0.687. The Morgan fingerprint density at radius 3 is 2.64 bits per heavy atom. The van der Waals surface area contributed by atoms with E-state index in [9.17, 15) is 0 Å². The second kappa shape index (κ2) is 5.72. The van der Waals surface area contributed by atoms with E-state index in [0.717, 1.165) is 25.7 Å². The molecule has 1 N–H and O–H groups in total. The SMILES string of the molecule is CC(C)(C)NCCCCC1CCOC1. The van der Waals surface area contributed by atoms with Gasteiger partial charge in [0.25, 0.3) is 0 Å². The molecule has 0 amide bonds. The van der Waals surface area contributed by atoms with Gasteiger partial charge in [-0.15, -0.1) is 0 Å². The third-order valence-corrected chi connectivity index (χ3v) is 2.72. The molecule has 0 aromatic heterocycles. The maximum Gasteiger partial charge on any atom is 0.0495 e. The second-order valence-corrected chi connectivity index (χ2v) is 5.40. The van der Waals surface area contributed by atoms with Crippen LogP contribution in [0.25, 0.3) is 0 Å². The standard InChI is InChI=1S/C12H25NO/c1-12(2,3)13-8-5-4-6-11-7-9-14-10-11/h11,13H,4-10H2,1-3H3. The molecule has 1 rings (SSSR count). The van der Waals surface area contributed by atoms with Gasteiger partial charge in [-0.2, -0.15) is 0 Å². The molecule has 0 bridgehead atoms. The third kappa shape index (κ3) is 5.61. The Hall–Kier alpha value is -0.0800.